The van der Waals surface area contributed by atoms with Crippen LogP contribution < -0.4 is 0 Å². The van der Waals surface area contributed by atoms with Gasteiger partial charge in [0, 0.05) is 6.54 Å². The van der Waals surface area contributed by atoms with Crippen LogP contribution in [-0.2, 0) is 0 Å². The maximum absolute atomic E-state index is 2.47. The van der Waals surface area contributed by atoms with Crippen LogP contribution in [-0.4, -0.2) is 25.5 Å². The molecule has 0 saturated heterocycles. The normalized spacial score (nSPS) is 14.2. The number of hydrogen-bond donors (Lipinski definition) is 0. The third-order valence-electron chi connectivity index (χ3n) is 5.62. The summed E-state index contributed by atoms with van der Waals surface area (Å²) in [5, 5.41) is 0. The molecule has 0 fully saturated rings. The van der Waals surface area contributed by atoms with Crippen LogP contribution in [0.1, 0.15) is 124 Å². The molecule has 0 aliphatic rings. The van der Waals surface area contributed by atoms with Gasteiger partial charge in [-0.25, -0.2) is 0 Å². The molecule has 0 aromatic carbocycles. The fraction of sp³-hybridized carbons (Fsp3) is 1.00. The molecule has 0 saturated carbocycles. The molecule has 0 N–H and O–H groups in total. The van der Waals surface area contributed by atoms with E-state index < -0.39 is 0 Å². The third-order valence-corrected chi connectivity index (χ3v) is 5.62. The van der Waals surface area contributed by atoms with Gasteiger partial charge in [-0.2, -0.15) is 0 Å². The molecule has 1 nitrogen and oxygen atoms in total. The highest BCUT2D eigenvalue weighted by Gasteiger charge is 2.05. The highest BCUT2D eigenvalue weighted by atomic mass is 15.1. The Balaban J connectivity index is 3.24. The highest BCUT2D eigenvalue weighted by Crippen LogP contribution is 2.19. The topological polar surface area (TPSA) is 3.24 Å². The van der Waals surface area contributed by atoms with Crippen molar-refractivity contribution in [3.05, 3.63) is 0 Å². The van der Waals surface area contributed by atoms with Gasteiger partial charge in [0.1, 0.15) is 0 Å². The van der Waals surface area contributed by atoms with E-state index in [9.17, 15) is 0 Å². The van der Waals surface area contributed by atoms with E-state index in [1.54, 1.807) is 0 Å². The second-order valence-electron chi connectivity index (χ2n) is 9.08. The second kappa shape index (κ2) is 18.7. The standard InChI is InChI=1S/C24H51N/c1-6-7-8-9-10-11-12-13-14-16-19-23(2)20-17-15-18-21-24(3)22-25(4)5/h23-24H,6-22H2,1-5H3. The molecule has 25 heavy (non-hydrogen) atoms. The van der Waals surface area contributed by atoms with Crippen molar-refractivity contribution in [2.75, 3.05) is 20.6 Å². The Kier molecular flexibility index (Phi) is 18.7. The number of unbranched alkanes of at least 4 members (excludes halogenated alkanes) is 11. The van der Waals surface area contributed by atoms with Crippen molar-refractivity contribution >= 4 is 0 Å². The summed E-state index contributed by atoms with van der Waals surface area (Å²) < 4.78 is 0. The minimum Gasteiger partial charge on any atom is -0.309 e. The Bertz CT molecular complexity index is 248. The molecule has 0 aliphatic carbocycles. The van der Waals surface area contributed by atoms with Crippen molar-refractivity contribution in [1.82, 2.24) is 4.90 Å². The Labute approximate surface area is 161 Å². The number of rotatable bonds is 19. The van der Waals surface area contributed by atoms with Gasteiger partial charge in [-0.15, -0.1) is 0 Å². The summed E-state index contributed by atoms with van der Waals surface area (Å²) in [7, 11) is 4.37. The summed E-state index contributed by atoms with van der Waals surface area (Å²) in [6.45, 7) is 8.42. The van der Waals surface area contributed by atoms with Crippen LogP contribution in [0.15, 0.2) is 0 Å². The van der Waals surface area contributed by atoms with Crippen LogP contribution in [0.4, 0.5) is 0 Å². The molecule has 0 amide bonds. The fourth-order valence-electron chi connectivity index (χ4n) is 4.00. The van der Waals surface area contributed by atoms with Gasteiger partial charge < -0.3 is 4.90 Å². The Hall–Kier alpha value is -0.0400. The quantitative estimate of drug-likeness (QED) is 0.212. The minimum absolute atomic E-state index is 0.860. The van der Waals surface area contributed by atoms with Crippen molar-refractivity contribution < 1.29 is 0 Å². The van der Waals surface area contributed by atoms with Crippen LogP contribution in [0.5, 0.6) is 0 Å². The molecule has 0 spiro atoms. The predicted octanol–water partition coefficient (Wildman–Crippen LogP) is 8.08. The molecule has 0 rings (SSSR count). The summed E-state index contributed by atoms with van der Waals surface area (Å²) in [6.07, 6.45) is 23.2. The van der Waals surface area contributed by atoms with Gasteiger partial charge in [0.25, 0.3) is 0 Å². The second-order valence-corrected chi connectivity index (χ2v) is 9.08. The van der Waals surface area contributed by atoms with Gasteiger partial charge in [0.15, 0.2) is 0 Å². The van der Waals surface area contributed by atoms with Crippen molar-refractivity contribution in [1.29, 1.82) is 0 Å². The van der Waals surface area contributed by atoms with E-state index in [4.69, 9.17) is 0 Å². The van der Waals surface area contributed by atoms with Crippen LogP contribution in [0.3, 0.4) is 0 Å². The lowest BCUT2D eigenvalue weighted by atomic mass is 9.95. The largest absolute Gasteiger partial charge is 0.309 e. The van der Waals surface area contributed by atoms with E-state index in [1.807, 2.05) is 0 Å². The molecule has 2 atom stereocenters. The first-order valence-corrected chi connectivity index (χ1v) is 11.7. The summed E-state index contributed by atoms with van der Waals surface area (Å²) in [5.74, 6) is 1.81. The van der Waals surface area contributed by atoms with Crippen molar-refractivity contribution in [2.24, 2.45) is 11.8 Å². The molecule has 0 aromatic heterocycles. The average Bonchev–Trinajstić information content (AvgIpc) is 2.55. The Morgan fingerprint density at radius 1 is 0.520 bits per heavy atom. The van der Waals surface area contributed by atoms with E-state index in [0.717, 1.165) is 11.8 Å². The van der Waals surface area contributed by atoms with Gasteiger partial charge in [0.2, 0.25) is 0 Å². The maximum atomic E-state index is 2.47. The summed E-state index contributed by atoms with van der Waals surface area (Å²) >= 11 is 0. The highest BCUT2D eigenvalue weighted by molar-refractivity contribution is 4.59. The first-order chi connectivity index (χ1) is 12.1. The van der Waals surface area contributed by atoms with Gasteiger partial charge in [0.05, 0.1) is 0 Å². The molecular formula is C24H51N. The van der Waals surface area contributed by atoms with E-state index in [0.29, 0.717) is 0 Å². The van der Waals surface area contributed by atoms with Gasteiger partial charge in [-0.1, -0.05) is 117 Å². The van der Waals surface area contributed by atoms with Crippen molar-refractivity contribution in [3.8, 4) is 0 Å². The van der Waals surface area contributed by atoms with E-state index in [1.165, 1.54) is 109 Å². The molecule has 0 aromatic rings. The first kappa shape index (κ1) is 25.0. The Morgan fingerprint density at radius 3 is 1.32 bits per heavy atom. The zero-order valence-corrected chi connectivity index (χ0v) is 18.6. The van der Waals surface area contributed by atoms with Crippen LogP contribution in [0, 0.1) is 11.8 Å². The molecule has 0 heterocycles. The average molecular weight is 354 g/mol. The van der Waals surface area contributed by atoms with Crippen LogP contribution in [0.2, 0.25) is 0 Å². The lowest BCUT2D eigenvalue weighted by Crippen LogP contribution is -2.19. The third kappa shape index (κ3) is 20.1. The molecular weight excluding hydrogens is 302 g/mol. The van der Waals surface area contributed by atoms with E-state index in [-0.39, 0.29) is 0 Å². The SMILES string of the molecule is CCCCCCCCCCCCC(C)CCCCCC(C)CN(C)C. The maximum Gasteiger partial charge on any atom is 0.0000920 e. The van der Waals surface area contributed by atoms with E-state index >= 15 is 0 Å². The van der Waals surface area contributed by atoms with Gasteiger partial charge in [-0.3, -0.25) is 0 Å². The minimum atomic E-state index is 0.860. The predicted molar refractivity (Wildman–Crippen MR) is 116 cm³/mol. The van der Waals surface area contributed by atoms with Crippen LogP contribution >= 0.6 is 0 Å². The van der Waals surface area contributed by atoms with Crippen molar-refractivity contribution in [3.63, 3.8) is 0 Å². The molecule has 0 aliphatic heterocycles. The Morgan fingerprint density at radius 2 is 0.880 bits per heavy atom. The monoisotopic (exact) mass is 353 g/mol. The lowest BCUT2D eigenvalue weighted by molar-refractivity contribution is 0.320. The molecule has 0 bridgehead atoms. The van der Waals surface area contributed by atoms with Crippen LogP contribution in [0.25, 0.3) is 0 Å². The number of nitrogens with zero attached hydrogens (tertiary/aromatic N) is 1. The molecule has 2 unspecified atom stereocenters. The lowest BCUT2D eigenvalue weighted by Gasteiger charge is -2.16. The molecule has 152 valence electrons. The van der Waals surface area contributed by atoms with Crippen molar-refractivity contribution in [2.45, 2.75) is 124 Å². The summed E-state index contributed by atoms with van der Waals surface area (Å²) in [4.78, 5) is 2.32. The molecule has 1 heteroatoms. The fourth-order valence-corrected chi connectivity index (χ4v) is 4.00. The van der Waals surface area contributed by atoms with Gasteiger partial charge >= 0.3 is 0 Å². The number of hydrogen-bond acceptors (Lipinski definition) is 1. The van der Waals surface area contributed by atoms with E-state index in [2.05, 4.69) is 39.8 Å². The first-order valence-electron chi connectivity index (χ1n) is 11.7. The molecule has 0 radical (unpaired) electrons. The summed E-state index contributed by atoms with van der Waals surface area (Å²) in [5.41, 5.74) is 0. The summed E-state index contributed by atoms with van der Waals surface area (Å²) in [6, 6.07) is 0. The smallest absolute Gasteiger partial charge is 0.0000920 e. The van der Waals surface area contributed by atoms with Gasteiger partial charge in [-0.05, 0) is 32.4 Å². The zero-order valence-electron chi connectivity index (χ0n) is 18.6. The zero-order chi connectivity index (χ0) is 18.8.